The Morgan fingerprint density at radius 3 is 2.33 bits per heavy atom. The number of nitrogens with one attached hydrogen (secondary N) is 2. The van der Waals surface area contributed by atoms with Crippen molar-refractivity contribution in [2.24, 2.45) is 5.92 Å². The van der Waals surface area contributed by atoms with Gasteiger partial charge in [-0.1, -0.05) is 34.6 Å². The zero-order chi connectivity index (χ0) is 15.8. The largest absolute Gasteiger partial charge is 0.396 e. The molecule has 0 amide bonds. The van der Waals surface area contributed by atoms with E-state index < -0.39 is 0 Å². The molecule has 0 saturated carbocycles. The van der Waals surface area contributed by atoms with E-state index in [-0.39, 0.29) is 12.6 Å². The van der Waals surface area contributed by atoms with Crippen LogP contribution in [0.15, 0.2) is 6.33 Å². The average molecular weight is 294 g/mol. The summed E-state index contributed by atoms with van der Waals surface area (Å²) in [6.45, 7) is 11.8. The minimum atomic E-state index is 0.179. The van der Waals surface area contributed by atoms with Crippen molar-refractivity contribution in [2.75, 3.05) is 23.8 Å². The quantitative estimate of drug-likeness (QED) is 0.652. The standard InChI is InChI=1S/C16H30N4O/c1-6-8-17-15-14(12(4)5)16(19-10-18-15)20-13(7-9-21)11(2)3/h10-13,21H,6-9H2,1-5H3,(H2,17,18,19,20). The van der Waals surface area contributed by atoms with Crippen molar-refractivity contribution < 1.29 is 5.11 Å². The lowest BCUT2D eigenvalue weighted by Crippen LogP contribution is -2.28. The summed E-state index contributed by atoms with van der Waals surface area (Å²) in [7, 11) is 0. The second kappa shape index (κ2) is 8.82. The smallest absolute Gasteiger partial charge is 0.135 e. The molecule has 0 aliphatic rings. The first-order valence-corrected chi connectivity index (χ1v) is 7.97. The molecular formula is C16H30N4O. The Kier molecular flexibility index (Phi) is 7.43. The first-order chi connectivity index (χ1) is 10.0. The molecule has 3 N–H and O–H groups in total. The predicted octanol–water partition coefficient (Wildman–Crippen LogP) is 3.24. The molecule has 0 aliphatic carbocycles. The van der Waals surface area contributed by atoms with Crippen LogP contribution in [0.3, 0.4) is 0 Å². The van der Waals surface area contributed by atoms with Crippen LogP contribution in [0, 0.1) is 5.92 Å². The summed E-state index contributed by atoms with van der Waals surface area (Å²) in [5, 5.41) is 16.1. The van der Waals surface area contributed by atoms with Gasteiger partial charge < -0.3 is 15.7 Å². The molecule has 0 spiro atoms. The number of aliphatic hydroxyl groups excluding tert-OH is 1. The molecule has 0 aliphatic heterocycles. The summed E-state index contributed by atoms with van der Waals surface area (Å²) in [6, 6.07) is 0.210. The molecule has 1 rings (SSSR count). The fraction of sp³-hybridized carbons (Fsp3) is 0.750. The number of hydrogen-bond acceptors (Lipinski definition) is 5. The van der Waals surface area contributed by atoms with Crippen LogP contribution >= 0.6 is 0 Å². The molecule has 120 valence electrons. The monoisotopic (exact) mass is 294 g/mol. The van der Waals surface area contributed by atoms with Crippen molar-refractivity contribution in [3.05, 3.63) is 11.9 Å². The number of rotatable bonds is 9. The third kappa shape index (κ3) is 5.16. The van der Waals surface area contributed by atoms with Crippen LogP contribution in [0.2, 0.25) is 0 Å². The van der Waals surface area contributed by atoms with E-state index in [4.69, 9.17) is 0 Å². The summed E-state index contributed by atoms with van der Waals surface area (Å²) in [5.74, 6) is 2.55. The molecule has 1 atom stereocenters. The molecule has 0 radical (unpaired) electrons. The Bertz CT molecular complexity index is 421. The summed E-state index contributed by atoms with van der Waals surface area (Å²) in [5.41, 5.74) is 1.12. The Hall–Kier alpha value is -1.36. The highest BCUT2D eigenvalue weighted by molar-refractivity contribution is 5.59. The molecule has 21 heavy (non-hydrogen) atoms. The van der Waals surface area contributed by atoms with Crippen molar-refractivity contribution in [3.8, 4) is 0 Å². The first kappa shape index (κ1) is 17.7. The van der Waals surface area contributed by atoms with Crippen molar-refractivity contribution in [3.63, 3.8) is 0 Å². The topological polar surface area (TPSA) is 70.1 Å². The van der Waals surface area contributed by atoms with E-state index in [1.165, 1.54) is 0 Å². The number of aliphatic hydroxyl groups is 1. The highest BCUT2D eigenvalue weighted by Crippen LogP contribution is 2.29. The number of aromatic nitrogens is 2. The first-order valence-electron chi connectivity index (χ1n) is 7.97. The van der Waals surface area contributed by atoms with Gasteiger partial charge in [-0.2, -0.15) is 0 Å². The zero-order valence-corrected chi connectivity index (χ0v) is 14.0. The highest BCUT2D eigenvalue weighted by atomic mass is 16.3. The molecule has 5 heteroatoms. The van der Waals surface area contributed by atoms with Gasteiger partial charge in [-0.25, -0.2) is 9.97 Å². The van der Waals surface area contributed by atoms with E-state index >= 15 is 0 Å². The van der Waals surface area contributed by atoms with E-state index in [1.807, 2.05) is 0 Å². The number of hydrogen-bond donors (Lipinski definition) is 3. The maximum absolute atomic E-state index is 9.23. The van der Waals surface area contributed by atoms with Gasteiger partial charge in [-0.3, -0.25) is 0 Å². The summed E-state index contributed by atoms with van der Waals surface area (Å²) >= 11 is 0. The third-order valence-corrected chi connectivity index (χ3v) is 3.57. The second-order valence-corrected chi connectivity index (χ2v) is 6.07. The van der Waals surface area contributed by atoms with Crippen LogP contribution in [0.4, 0.5) is 11.6 Å². The highest BCUT2D eigenvalue weighted by Gasteiger charge is 2.19. The molecule has 1 unspecified atom stereocenters. The molecule has 5 nitrogen and oxygen atoms in total. The molecule has 1 aromatic heterocycles. The number of nitrogens with zero attached hydrogens (tertiary/aromatic N) is 2. The average Bonchev–Trinajstić information content (AvgIpc) is 2.44. The van der Waals surface area contributed by atoms with E-state index in [0.29, 0.717) is 11.8 Å². The van der Waals surface area contributed by atoms with Gasteiger partial charge in [-0.15, -0.1) is 0 Å². The van der Waals surface area contributed by atoms with Crippen molar-refractivity contribution in [2.45, 2.75) is 59.4 Å². The minimum absolute atomic E-state index is 0.179. The van der Waals surface area contributed by atoms with Gasteiger partial charge in [0.1, 0.15) is 18.0 Å². The van der Waals surface area contributed by atoms with Gasteiger partial charge in [0.25, 0.3) is 0 Å². The van der Waals surface area contributed by atoms with Gasteiger partial charge >= 0.3 is 0 Å². The van der Waals surface area contributed by atoms with Gasteiger partial charge in [0.15, 0.2) is 0 Å². The summed E-state index contributed by atoms with van der Waals surface area (Å²) in [6.07, 6.45) is 3.38. The Labute approximate surface area is 128 Å². The van der Waals surface area contributed by atoms with Gasteiger partial charge in [-0.05, 0) is 24.7 Å². The lowest BCUT2D eigenvalue weighted by Gasteiger charge is -2.25. The third-order valence-electron chi connectivity index (χ3n) is 3.57. The number of anilines is 2. The molecule has 0 fully saturated rings. The normalized spacial score (nSPS) is 12.8. The van der Waals surface area contributed by atoms with Crippen LogP contribution in [-0.4, -0.2) is 34.3 Å². The van der Waals surface area contributed by atoms with Gasteiger partial charge in [0.05, 0.1) is 0 Å². The molecule has 1 aromatic rings. The molecule has 0 aromatic carbocycles. The predicted molar refractivity (Wildman–Crippen MR) is 88.9 cm³/mol. The fourth-order valence-corrected chi connectivity index (χ4v) is 2.33. The maximum Gasteiger partial charge on any atom is 0.135 e. The van der Waals surface area contributed by atoms with Crippen LogP contribution in [-0.2, 0) is 0 Å². The van der Waals surface area contributed by atoms with Crippen LogP contribution in [0.25, 0.3) is 0 Å². The lowest BCUT2D eigenvalue weighted by molar-refractivity contribution is 0.267. The Morgan fingerprint density at radius 1 is 1.14 bits per heavy atom. The Balaban J connectivity index is 3.04. The summed E-state index contributed by atoms with van der Waals surface area (Å²) < 4.78 is 0. The van der Waals surface area contributed by atoms with E-state index in [9.17, 15) is 5.11 Å². The minimum Gasteiger partial charge on any atom is -0.396 e. The molecule has 0 bridgehead atoms. The maximum atomic E-state index is 9.23. The second-order valence-electron chi connectivity index (χ2n) is 6.07. The van der Waals surface area contributed by atoms with Crippen LogP contribution < -0.4 is 10.6 Å². The van der Waals surface area contributed by atoms with Crippen molar-refractivity contribution >= 4 is 11.6 Å². The zero-order valence-electron chi connectivity index (χ0n) is 14.0. The van der Waals surface area contributed by atoms with Gasteiger partial charge in [0.2, 0.25) is 0 Å². The Morgan fingerprint density at radius 2 is 1.81 bits per heavy atom. The van der Waals surface area contributed by atoms with Crippen LogP contribution in [0.5, 0.6) is 0 Å². The van der Waals surface area contributed by atoms with E-state index in [1.54, 1.807) is 6.33 Å². The van der Waals surface area contributed by atoms with Crippen molar-refractivity contribution in [1.29, 1.82) is 0 Å². The van der Waals surface area contributed by atoms with E-state index in [2.05, 4.69) is 55.2 Å². The van der Waals surface area contributed by atoms with Crippen molar-refractivity contribution in [1.82, 2.24) is 9.97 Å². The fourth-order valence-electron chi connectivity index (χ4n) is 2.33. The summed E-state index contributed by atoms with van der Waals surface area (Å²) in [4.78, 5) is 8.81. The SMILES string of the molecule is CCCNc1ncnc(NC(CCO)C(C)C)c1C(C)C. The molecular weight excluding hydrogens is 264 g/mol. The molecule has 1 heterocycles. The molecule has 0 saturated heterocycles. The van der Waals surface area contributed by atoms with Gasteiger partial charge in [0, 0.05) is 24.8 Å². The lowest BCUT2D eigenvalue weighted by atomic mass is 9.99. The van der Waals surface area contributed by atoms with E-state index in [0.717, 1.165) is 36.6 Å². The van der Waals surface area contributed by atoms with Crippen LogP contribution in [0.1, 0.15) is 58.9 Å².